The zero-order chi connectivity index (χ0) is 15.3. The summed E-state index contributed by atoms with van der Waals surface area (Å²) >= 11 is 0. The van der Waals surface area contributed by atoms with Crippen molar-refractivity contribution in [3.05, 3.63) is 29.8 Å². The topological polar surface area (TPSA) is 58.5 Å². The van der Waals surface area contributed by atoms with Crippen LogP contribution in [-0.4, -0.2) is 14.1 Å². The monoisotopic (exact) mass is 318 g/mol. The van der Waals surface area contributed by atoms with Crippen LogP contribution >= 0.6 is 0 Å². The molecule has 0 amide bonds. The molecule has 1 N–H and O–H groups in total. The minimum Gasteiger partial charge on any atom is -0.200 e. The van der Waals surface area contributed by atoms with Gasteiger partial charge in [-0.05, 0) is 68.9 Å². The first-order chi connectivity index (χ1) is 10.5. The number of sulfonamides is 1. The quantitative estimate of drug-likeness (QED) is 0.871. The summed E-state index contributed by atoms with van der Waals surface area (Å²) in [5.41, 5.74) is 2.14. The second-order valence-electron chi connectivity index (χ2n) is 7.26. The molecule has 0 aromatic heterocycles. The molecular weight excluding hydrogens is 296 g/mol. The van der Waals surface area contributed by atoms with Crippen molar-refractivity contribution in [1.29, 1.82) is 0 Å². The van der Waals surface area contributed by atoms with Gasteiger partial charge in [0.05, 0.1) is 4.90 Å². The summed E-state index contributed by atoms with van der Waals surface area (Å²) in [5.74, 6) is 2.85. The minimum atomic E-state index is -3.55. The summed E-state index contributed by atoms with van der Waals surface area (Å²) in [6, 6.07) is 6.89. The van der Waals surface area contributed by atoms with Gasteiger partial charge in [-0.3, -0.25) is 0 Å². The third-order valence-electron chi connectivity index (χ3n) is 5.66. The van der Waals surface area contributed by atoms with Crippen LogP contribution in [0.1, 0.15) is 37.7 Å². The van der Waals surface area contributed by atoms with Gasteiger partial charge in [0.15, 0.2) is 0 Å². The maximum Gasteiger partial charge on any atom is 0.276 e. The molecule has 0 saturated heterocycles. The Morgan fingerprint density at radius 3 is 2.55 bits per heavy atom. The third-order valence-corrected chi connectivity index (χ3v) is 6.89. The number of fused-ring (bicyclic) bond motifs is 2. The molecule has 118 valence electrons. The van der Waals surface area contributed by atoms with Crippen molar-refractivity contribution in [3.63, 3.8) is 0 Å². The molecule has 3 bridgehead atoms. The Bertz CT molecular complexity index is 707. The molecule has 0 heterocycles. The van der Waals surface area contributed by atoms with Crippen LogP contribution in [0, 0.1) is 30.6 Å². The highest BCUT2D eigenvalue weighted by Crippen LogP contribution is 2.53. The third kappa shape index (κ3) is 2.45. The van der Waals surface area contributed by atoms with Gasteiger partial charge in [-0.25, -0.2) is 4.83 Å². The van der Waals surface area contributed by atoms with Gasteiger partial charge in [-0.2, -0.15) is 13.5 Å². The summed E-state index contributed by atoms with van der Waals surface area (Å²) in [6.45, 7) is 1.94. The van der Waals surface area contributed by atoms with Crippen LogP contribution in [0.4, 0.5) is 0 Å². The van der Waals surface area contributed by atoms with Gasteiger partial charge in [0.1, 0.15) is 0 Å². The van der Waals surface area contributed by atoms with Crippen LogP contribution in [0.15, 0.2) is 34.3 Å². The van der Waals surface area contributed by atoms with E-state index in [0.29, 0.717) is 5.92 Å². The highest BCUT2D eigenvalue weighted by Gasteiger charge is 2.47. The second kappa shape index (κ2) is 5.08. The predicted molar refractivity (Wildman–Crippen MR) is 86.0 cm³/mol. The largest absolute Gasteiger partial charge is 0.276 e. The highest BCUT2D eigenvalue weighted by atomic mass is 32.2. The predicted octanol–water partition coefficient (Wildman–Crippen LogP) is 3.09. The average molecular weight is 318 g/mol. The average Bonchev–Trinajstić information content (AvgIpc) is 2.70. The Hall–Kier alpha value is -1.36. The van der Waals surface area contributed by atoms with Gasteiger partial charge >= 0.3 is 0 Å². The van der Waals surface area contributed by atoms with E-state index in [0.717, 1.165) is 35.4 Å². The number of hydrogen-bond donors (Lipinski definition) is 1. The first kappa shape index (κ1) is 14.2. The molecule has 1 aromatic carbocycles. The number of rotatable bonds is 3. The summed E-state index contributed by atoms with van der Waals surface area (Å²) in [5, 5.41) is 4.35. The molecule has 0 spiro atoms. The normalized spacial score (nSPS) is 35.0. The fourth-order valence-electron chi connectivity index (χ4n) is 4.73. The number of nitrogens with zero attached hydrogens (tertiary/aromatic N) is 1. The maximum absolute atomic E-state index is 12.4. The Balaban J connectivity index is 1.55. The fourth-order valence-corrected chi connectivity index (χ4v) is 5.57. The number of aryl methyl sites for hydroxylation is 1. The fraction of sp³-hybridized carbons (Fsp3) is 0.588. The Labute approximate surface area is 132 Å². The molecule has 22 heavy (non-hydrogen) atoms. The zero-order valence-electron chi connectivity index (χ0n) is 12.8. The van der Waals surface area contributed by atoms with Gasteiger partial charge in [-0.1, -0.05) is 17.7 Å². The lowest BCUT2D eigenvalue weighted by Crippen LogP contribution is -2.32. The molecule has 4 rings (SSSR count). The van der Waals surface area contributed by atoms with E-state index >= 15 is 0 Å². The standard InChI is InChI=1S/C17H22N2O2S/c1-11-2-4-15(5-3-11)22(20,21)19-18-17-10-13-6-12-7-14(8-13)16(17)9-12/h2-5,12-14,16,19H,6-10H2,1H3/b18-17+/t12-,13+,14-,16-/m0/s1. The van der Waals surface area contributed by atoms with Crippen molar-refractivity contribution < 1.29 is 8.42 Å². The van der Waals surface area contributed by atoms with Gasteiger partial charge in [0, 0.05) is 11.6 Å². The summed E-state index contributed by atoms with van der Waals surface area (Å²) in [4.78, 5) is 2.76. The first-order valence-electron chi connectivity index (χ1n) is 8.16. The Morgan fingerprint density at radius 1 is 1.05 bits per heavy atom. The van der Waals surface area contributed by atoms with Crippen molar-refractivity contribution in [2.24, 2.45) is 28.8 Å². The molecule has 3 aliphatic rings. The molecule has 3 saturated carbocycles. The molecule has 0 aliphatic heterocycles. The Morgan fingerprint density at radius 2 is 1.77 bits per heavy atom. The van der Waals surface area contributed by atoms with Gasteiger partial charge in [-0.15, -0.1) is 0 Å². The van der Waals surface area contributed by atoms with Crippen LogP contribution in [0.2, 0.25) is 0 Å². The van der Waals surface area contributed by atoms with Crippen LogP contribution < -0.4 is 4.83 Å². The van der Waals surface area contributed by atoms with E-state index in [1.54, 1.807) is 12.1 Å². The number of hydrogen-bond acceptors (Lipinski definition) is 3. The molecule has 5 heteroatoms. The van der Waals surface area contributed by atoms with Crippen LogP contribution in [0.25, 0.3) is 0 Å². The van der Waals surface area contributed by atoms with Crippen molar-refractivity contribution in [2.45, 2.75) is 43.9 Å². The summed E-state index contributed by atoms with van der Waals surface area (Å²) in [6.07, 6.45) is 6.16. The lowest BCUT2D eigenvalue weighted by molar-refractivity contribution is 0.242. The number of benzene rings is 1. The van der Waals surface area contributed by atoms with E-state index in [1.165, 1.54) is 25.7 Å². The van der Waals surface area contributed by atoms with E-state index in [4.69, 9.17) is 0 Å². The van der Waals surface area contributed by atoms with E-state index < -0.39 is 10.0 Å². The Kier molecular flexibility index (Phi) is 3.29. The zero-order valence-corrected chi connectivity index (χ0v) is 13.6. The molecule has 3 aliphatic carbocycles. The van der Waals surface area contributed by atoms with Gasteiger partial charge in [0.25, 0.3) is 10.0 Å². The first-order valence-corrected chi connectivity index (χ1v) is 9.64. The lowest BCUT2D eigenvalue weighted by Gasteiger charge is -2.34. The highest BCUT2D eigenvalue weighted by molar-refractivity contribution is 7.89. The van der Waals surface area contributed by atoms with E-state index in [2.05, 4.69) is 9.93 Å². The van der Waals surface area contributed by atoms with Crippen LogP contribution in [-0.2, 0) is 10.0 Å². The van der Waals surface area contributed by atoms with E-state index in [1.807, 2.05) is 19.1 Å². The van der Waals surface area contributed by atoms with E-state index in [-0.39, 0.29) is 4.90 Å². The van der Waals surface area contributed by atoms with Crippen molar-refractivity contribution in [2.75, 3.05) is 0 Å². The number of nitrogens with one attached hydrogen (secondary N) is 1. The van der Waals surface area contributed by atoms with Crippen molar-refractivity contribution in [1.82, 2.24) is 4.83 Å². The van der Waals surface area contributed by atoms with Crippen molar-refractivity contribution in [3.8, 4) is 0 Å². The molecule has 0 radical (unpaired) electrons. The minimum absolute atomic E-state index is 0.283. The summed E-state index contributed by atoms with van der Waals surface area (Å²) < 4.78 is 24.7. The van der Waals surface area contributed by atoms with Gasteiger partial charge in [0.2, 0.25) is 0 Å². The molecule has 3 fully saturated rings. The maximum atomic E-state index is 12.4. The lowest BCUT2D eigenvalue weighted by atomic mass is 9.71. The second-order valence-corrected chi connectivity index (χ2v) is 8.92. The van der Waals surface area contributed by atoms with Crippen LogP contribution in [0.3, 0.4) is 0 Å². The molecule has 4 nitrogen and oxygen atoms in total. The van der Waals surface area contributed by atoms with Crippen molar-refractivity contribution >= 4 is 15.7 Å². The van der Waals surface area contributed by atoms with Crippen LogP contribution in [0.5, 0.6) is 0 Å². The molecule has 0 unspecified atom stereocenters. The summed E-state index contributed by atoms with van der Waals surface area (Å²) in [7, 11) is -3.55. The van der Waals surface area contributed by atoms with Gasteiger partial charge < -0.3 is 0 Å². The van der Waals surface area contributed by atoms with E-state index in [9.17, 15) is 8.42 Å². The SMILES string of the molecule is Cc1ccc(S(=O)(=O)N/N=C2\C[C@@H]3C[C@H]4C[C@@H](C3)[C@@H]2C4)cc1. The molecule has 1 aromatic rings. The molecular formula is C17H22N2O2S. The molecule has 4 atom stereocenters. The number of hydrazone groups is 1. The smallest absolute Gasteiger partial charge is 0.200 e.